The SMILES string of the molecule is Cc1ccc(-c2ccc3c4ccc(-c5ccc(C(F)(F)F)cc5C)cc4n(-c4ccc(-c5nc(-c6ccccc6)nc(-c6ccccc6)n5)cc4-c4cc(-c5ccccc5)nc(-c5ccccc5)n4)c3c2)c(C(F)(F)F)c1. The van der Waals surface area contributed by atoms with Crippen LogP contribution in [-0.4, -0.2) is 29.5 Å². The van der Waals surface area contributed by atoms with E-state index in [2.05, 4.69) is 0 Å². The molecular formula is C65H42F6N6. The monoisotopic (exact) mass is 1020 g/mol. The van der Waals surface area contributed by atoms with Gasteiger partial charge in [-0.1, -0.05) is 169 Å². The second-order valence-electron chi connectivity index (χ2n) is 18.8. The van der Waals surface area contributed by atoms with E-state index in [0.717, 1.165) is 51.2 Å². The number of rotatable bonds is 9. The molecule has 6 nitrogen and oxygen atoms in total. The Labute approximate surface area is 438 Å². The summed E-state index contributed by atoms with van der Waals surface area (Å²) in [5, 5.41) is 1.48. The van der Waals surface area contributed by atoms with E-state index in [1.807, 2.05) is 174 Å². The molecule has 9 aromatic carbocycles. The zero-order valence-corrected chi connectivity index (χ0v) is 41.2. The summed E-state index contributed by atoms with van der Waals surface area (Å²) in [6.07, 6.45) is -9.20. The first kappa shape index (κ1) is 48.4. The zero-order valence-electron chi connectivity index (χ0n) is 41.2. The number of fused-ring (bicyclic) bond motifs is 3. The molecule has 0 aliphatic rings. The molecule has 3 heterocycles. The van der Waals surface area contributed by atoms with Crippen LogP contribution in [0.5, 0.6) is 0 Å². The number of aryl methyl sites for hydroxylation is 2. The van der Waals surface area contributed by atoms with Crippen LogP contribution in [0, 0.1) is 13.8 Å². The fraction of sp³-hybridized carbons (Fsp3) is 0.0615. The molecule has 0 spiro atoms. The average molecular weight is 1020 g/mol. The molecule has 0 fully saturated rings. The van der Waals surface area contributed by atoms with E-state index in [4.69, 9.17) is 24.9 Å². The molecule has 0 saturated carbocycles. The molecule has 0 saturated heterocycles. The molecule has 0 radical (unpaired) electrons. The van der Waals surface area contributed by atoms with Gasteiger partial charge in [-0.3, -0.25) is 0 Å². The van der Waals surface area contributed by atoms with Gasteiger partial charge >= 0.3 is 12.4 Å². The lowest BCUT2D eigenvalue weighted by atomic mass is 9.96. The summed E-state index contributed by atoms with van der Waals surface area (Å²) in [6.45, 7) is 3.27. The molecule has 12 rings (SSSR count). The maximum Gasteiger partial charge on any atom is 0.417 e. The van der Waals surface area contributed by atoms with Gasteiger partial charge in [0, 0.05) is 44.2 Å². The lowest BCUT2D eigenvalue weighted by molar-refractivity contribution is -0.138. The van der Waals surface area contributed by atoms with Crippen molar-refractivity contribution in [2.75, 3.05) is 0 Å². The van der Waals surface area contributed by atoms with Crippen molar-refractivity contribution >= 4 is 21.8 Å². The van der Waals surface area contributed by atoms with Crippen LogP contribution in [-0.2, 0) is 12.4 Å². The van der Waals surface area contributed by atoms with Crippen molar-refractivity contribution in [3.05, 3.63) is 241 Å². The number of alkyl halides is 6. The van der Waals surface area contributed by atoms with Crippen molar-refractivity contribution in [3.63, 3.8) is 0 Å². The highest BCUT2D eigenvalue weighted by Gasteiger charge is 2.34. The van der Waals surface area contributed by atoms with Gasteiger partial charge in [0.25, 0.3) is 0 Å². The summed E-state index contributed by atoms with van der Waals surface area (Å²) in [7, 11) is 0. The van der Waals surface area contributed by atoms with E-state index in [-0.39, 0.29) is 5.56 Å². The van der Waals surface area contributed by atoms with Gasteiger partial charge in [-0.2, -0.15) is 26.3 Å². The predicted octanol–water partition coefficient (Wildman–Crippen LogP) is 17.7. The summed E-state index contributed by atoms with van der Waals surface area (Å²) in [6, 6.07) is 65.3. The zero-order chi connectivity index (χ0) is 53.0. The van der Waals surface area contributed by atoms with E-state index < -0.39 is 23.5 Å². The van der Waals surface area contributed by atoms with Crippen molar-refractivity contribution in [1.29, 1.82) is 0 Å². The van der Waals surface area contributed by atoms with Gasteiger partial charge in [0.05, 0.1) is 39.2 Å². The lowest BCUT2D eigenvalue weighted by Gasteiger charge is -2.18. The van der Waals surface area contributed by atoms with Crippen molar-refractivity contribution in [2.24, 2.45) is 0 Å². The maximum atomic E-state index is 14.9. The Kier molecular flexibility index (Phi) is 12.1. The molecule has 0 N–H and O–H groups in total. The van der Waals surface area contributed by atoms with E-state index in [9.17, 15) is 26.3 Å². The molecule has 0 bridgehead atoms. The molecule has 77 heavy (non-hydrogen) atoms. The quantitative estimate of drug-likeness (QED) is 0.135. The minimum atomic E-state index is -4.66. The molecule has 0 aliphatic heterocycles. The first-order valence-electron chi connectivity index (χ1n) is 24.7. The molecule has 12 aromatic rings. The molecule has 374 valence electrons. The Hall–Kier alpha value is -9.55. The highest BCUT2D eigenvalue weighted by atomic mass is 19.4. The Bertz CT molecular complexity index is 4080. The number of benzene rings is 9. The van der Waals surface area contributed by atoms with Crippen molar-refractivity contribution < 1.29 is 26.3 Å². The molecule has 0 aliphatic carbocycles. The van der Waals surface area contributed by atoms with Crippen molar-refractivity contribution in [1.82, 2.24) is 29.5 Å². The van der Waals surface area contributed by atoms with E-state index in [1.54, 1.807) is 32.0 Å². The lowest BCUT2D eigenvalue weighted by Crippen LogP contribution is -2.07. The highest BCUT2D eigenvalue weighted by molar-refractivity contribution is 6.12. The van der Waals surface area contributed by atoms with Crippen LogP contribution in [0.2, 0.25) is 0 Å². The van der Waals surface area contributed by atoms with Gasteiger partial charge < -0.3 is 4.57 Å². The number of hydrogen-bond donors (Lipinski definition) is 0. The van der Waals surface area contributed by atoms with Gasteiger partial charge in [-0.05, 0) is 96.3 Å². The van der Waals surface area contributed by atoms with E-state index >= 15 is 0 Å². The number of aromatic nitrogens is 6. The summed E-state index contributed by atoms with van der Waals surface area (Å²) < 4.78 is 88.8. The van der Waals surface area contributed by atoms with Crippen LogP contribution in [0.4, 0.5) is 26.3 Å². The molecule has 12 heteroatoms. The molecule has 3 aromatic heterocycles. The van der Waals surface area contributed by atoms with Gasteiger partial charge in [0.15, 0.2) is 23.3 Å². The summed E-state index contributed by atoms with van der Waals surface area (Å²) in [5.74, 6) is 1.72. The van der Waals surface area contributed by atoms with E-state index in [1.165, 1.54) is 12.1 Å². The second-order valence-corrected chi connectivity index (χ2v) is 18.8. The second kappa shape index (κ2) is 19.3. The van der Waals surface area contributed by atoms with Crippen molar-refractivity contribution in [3.8, 4) is 96.0 Å². The van der Waals surface area contributed by atoms with Gasteiger partial charge in [-0.25, -0.2) is 24.9 Å². The molecular weight excluding hydrogens is 979 g/mol. The Morgan fingerprint density at radius 3 is 1.32 bits per heavy atom. The third-order valence-electron chi connectivity index (χ3n) is 13.7. The van der Waals surface area contributed by atoms with Crippen LogP contribution < -0.4 is 0 Å². The number of nitrogens with zero attached hydrogens (tertiary/aromatic N) is 6. The van der Waals surface area contributed by atoms with Crippen LogP contribution in [0.25, 0.3) is 118 Å². The number of hydrogen-bond acceptors (Lipinski definition) is 5. The average Bonchev–Trinajstić information content (AvgIpc) is 3.98. The van der Waals surface area contributed by atoms with Gasteiger partial charge in [0.2, 0.25) is 0 Å². The molecule has 0 atom stereocenters. The van der Waals surface area contributed by atoms with Crippen LogP contribution >= 0.6 is 0 Å². The summed E-state index contributed by atoms with van der Waals surface area (Å²) >= 11 is 0. The summed E-state index contributed by atoms with van der Waals surface area (Å²) in [4.78, 5) is 25.5. The third kappa shape index (κ3) is 9.39. The fourth-order valence-corrected chi connectivity index (χ4v) is 9.99. The largest absolute Gasteiger partial charge is 0.417 e. The normalized spacial score (nSPS) is 11.9. The first-order valence-corrected chi connectivity index (χ1v) is 24.7. The maximum absolute atomic E-state index is 14.9. The topological polar surface area (TPSA) is 69.4 Å². The van der Waals surface area contributed by atoms with Crippen LogP contribution in [0.3, 0.4) is 0 Å². The third-order valence-corrected chi connectivity index (χ3v) is 13.7. The van der Waals surface area contributed by atoms with E-state index in [0.29, 0.717) is 90.4 Å². The van der Waals surface area contributed by atoms with Gasteiger partial charge in [-0.15, -0.1) is 0 Å². The smallest absolute Gasteiger partial charge is 0.309 e. The Morgan fingerprint density at radius 1 is 0.338 bits per heavy atom. The van der Waals surface area contributed by atoms with Gasteiger partial charge in [0.1, 0.15) is 0 Å². The Balaban J connectivity index is 1.18. The van der Waals surface area contributed by atoms with Crippen LogP contribution in [0.15, 0.2) is 218 Å². The first-order chi connectivity index (χ1) is 37.2. The summed E-state index contributed by atoms with van der Waals surface area (Å²) in [5.41, 5.74) is 8.20. The fourth-order valence-electron chi connectivity index (χ4n) is 9.99. The minimum Gasteiger partial charge on any atom is -0.309 e. The van der Waals surface area contributed by atoms with Crippen molar-refractivity contribution in [2.45, 2.75) is 26.2 Å². The minimum absolute atomic E-state index is 0.00697. The predicted molar refractivity (Wildman–Crippen MR) is 293 cm³/mol. The highest BCUT2D eigenvalue weighted by Crippen LogP contribution is 2.44. The van der Waals surface area contributed by atoms with Crippen LogP contribution in [0.1, 0.15) is 22.3 Å². The molecule has 0 unspecified atom stereocenters. The number of halogens is 6. The standard InChI is InChI=1S/C65H42F6N6/c1-39-23-28-50(54(33-39)65(69,70)71)46-25-30-52-51-29-24-45(49-31-27-48(34-40(49)2)64(66,67)68)36-58(51)77(59(52)37-46)57-32-26-47(63-75-61(43-19-11-5-12-20-43)74-62(76-63)44-21-13-6-14-22-44)35-53(57)56-38-55(41-15-7-3-8-16-41)72-60(73-56)42-17-9-4-10-18-42/h3-38H,1-2H3. The Morgan fingerprint density at radius 2 is 0.805 bits per heavy atom. The molecule has 0 amide bonds.